The van der Waals surface area contributed by atoms with Gasteiger partial charge in [-0.1, -0.05) is 42.5 Å². The van der Waals surface area contributed by atoms with E-state index in [1.54, 1.807) is 42.5 Å². The molecule has 9 heteroatoms. The SMILES string of the molecule is NS(=O)(=O)c1ccc(CNC(=S)N[C@@H](C(=O)O)c2ccccc2)cc1. The van der Waals surface area contributed by atoms with Gasteiger partial charge in [-0.05, 0) is 35.5 Å². The van der Waals surface area contributed by atoms with Crippen LogP contribution in [0.4, 0.5) is 0 Å². The molecule has 0 saturated heterocycles. The van der Waals surface area contributed by atoms with Gasteiger partial charge in [-0.3, -0.25) is 0 Å². The second-order valence-electron chi connectivity index (χ2n) is 5.20. The fourth-order valence-electron chi connectivity index (χ4n) is 2.09. The maximum atomic E-state index is 11.4. The van der Waals surface area contributed by atoms with E-state index in [1.807, 2.05) is 0 Å². The summed E-state index contributed by atoms with van der Waals surface area (Å²) in [6.07, 6.45) is 0. The van der Waals surface area contributed by atoms with Crippen LogP contribution in [0.3, 0.4) is 0 Å². The molecule has 0 fully saturated rings. The molecule has 5 N–H and O–H groups in total. The van der Waals surface area contributed by atoms with Crippen molar-refractivity contribution in [3.63, 3.8) is 0 Å². The summed E-state index contributed by atoms with van der Waals surface area (Å²) in [6, 6.07) is 13.7. The van der Waals surface area contributed by atoms with E-state index in [2.05, 4.69) is 10.6 Å². The van der Waals surface area contributed by atoms with Crippen molar-refractivity contribution in [1.82, 2.24) is 10.6 Å². The zero-order valence-corrected chi connectivity index (χ0v) is 14.7. The van der Waals surface area contributed by atoms with Crippen molar-refractivity contribution in [3.8, 4) is 0 Å². The summed E-state index contributed by atoms with van der Waals surface area (Å²) in [5, 5.41) is 20.2. The predicted molar refractivity (Wildman–Crippen MR) is 97.2 cm³/mol. The minimum Gasteiger partial charge on any atom is -0.479 e. The van der Waals surface area contributed by atoms with Crippen molar-refractivity contribution in [1.29, 1.82) is 0 Å². The zero-order chi connectivity index (χ0) is 18.4. The molecular formula is C16H17N3O4S2. The van der Waals surface area contributed by atoms with Crippen molar-refractivity contribution in [2.75, 3.05) is 0 Å². The van der Waals surface area contributed by atoms with Crippen LogP contribution in [0.2, 0.25) is 0 Å². The third-order valence-corrected chi connectivity index (χ3v) is 4.55. The lowest BCUT2D eigenvalue weighted by Gasteiger charge is -2.17. The van der Waals surface area contributed by atoms with Crippen LogP contribution in [0, 0.1) is 0 Å². The molecule has 0 bridgehead atoms. The number of nitrogens with one attached hydrogen (secondary N) is 2. The van der Waals surface area contributed by atoms with E-state index in [1.165, 1.54) is 12.1 Å². The summed E-state index contributed by atoms with van der Waals surface area (Å²) < 4.78 is 22.4. The Balaban J connectivity index is 1.96. The topological polar surface area (TPSA) is 122 Å². The minimum atomic E-state index is -3.73. The third kappa shape index (κ3) is 5.52. The summed E-state index contributed by atoms with van der Waals surface area (Å²) in [7, 11) is -3.73. The summed E-state index contributed by atoms with van der Waals surface area (Å²) in [6.45, 7) is 0.303. The number of thiocarbonyl (C=S) groups is 1. The third-order valence-electron chi connectivity index (χ3n) is 3.36. The number of carbonyl (C=O) groups is 1. The summed E-state index contributed by atoms with van der Waals surface area (Å²) in [5.41, 5.74) is 1.35. The summed E-state index contributed by atoms with van der Waals surface area (Å²) >= 11 is 5.13. The van der Waals surface area contributed by atoms with Crippen LogP contribution in [0.25, 0.3) is 0 Å². The van der Waals surface area contributed by atoms with E-state index in [4.69, 9.17) is 17.4 Å². The molecule has 132 valence electrons. The average molecular weight is 379 g/mol. The molecular weight excluding hydrogens is 362 g/mol. The van der Waals surface area contributed by atoms with Gasteiger partial charge in [0, 0.05) is 6.54 Å². The van der Waals surface area contributed by atoms with E-state index in [-0.39, 0.29) is 10.0 Å². The highest BCUT2D eigenvalue weighted by atomic mass is 32.2. The molecule has 7 nitrogen and oxygen atoms in total. The average Bonchev–Trinajstić information content (AvgIpc) is 2.58. The maximum Gasteiger partial charge on any atom is 0.330 e. The second kappa shape index (κ2) is 8.06. The van der Waals surface area contributed by atoms with Crippen LogP contribution in [-0.2, 0) is 21.4 Å². The van der Waals surface area contributed by atoms with Crippen molar-refractivity contribution in [2.24, 2.45) is 5.14 Å². The van der Waals surface area contributed by atoms with Crippen LogP contribution < -0.4 is 15.8 Å². The van der Waals surface area contributed by atoms with E-state index in [0.717, 1.165) is 5.56 Å². The second-order valence-corrected chi connectivity index (χ2v) is 7.17. The molecule has 2 rings (SSSR count). The highest BCUT2D eigenvalue weighted by molar-refractivity contribution is 7.89. The van der Waals surface area contributed by atoms with Gasteiger partial charge in [0.2, 0.25) is 10.0 Å². The quantitative estimate of drug-likeness (QED) is 0.555. The molecule has 0 aromatic heterocycles. The molecule has 0 amide bonds. The Morgan fingerprint density at radius 1 is 1.12 bits per heavy atom. The normalized spacial score (nSPS) is 12.2. The van der Waals surface area contributed by atoms with Crippen LogP contribution in [-0.4, -0.2) is 24.6 Å². The highest BCUT2D eigenvalue weighted by Gasteiger charge is 2.20. The van der Waals surface area contributed by atoms with Gasteiger partial charge in [0.25, 0.3) is 0 Å². The Morgan fingerprint density at radius 2 is 1.72 bits per heavy atom. The molecule has 0 unspecified atom stereocenters. The number of hydrogen-bond acceptors (Lipinski definition) is 4. The smallest absolute Gasteiger partial charge is 0.330 e. The van der Waals surface area contributed by atoms with Crippen molar-refractivity contribution in [2.45, 2.75) is 17.5 Å². The van der Waals surface area contributed by atoms with Crippen molar-refractivity contribution in [3.05, 3.63) is 65.7 Å². The Hall–Kier alpha value is -2.49. The molecule has 0 heterocycles. The fraction of sp³-hybridized carbons (Fsp3) is 0.125. The number of carboxylic acid groups (broad SMARTS) is 1. The number of sulfonamides is 1. The van der Waals surface area contributed by atoms with Crippen LogP contribution in [0.5, 0.6) is 0 Å². The van der Waals surface area contributed by atoms with Crippen LogP contribution in [0.15, 0.2) is 59.5 Å². The highest BCUT2D eigenvalue weighted by Crippen LogP contribution is 2.13. The molecule has 0 aliphatic carbocycles. The lowest BCUT2D eigenvalue weighted by Crippen LogP contribution is -2.40. The Morgan fingerprint density at radius 3 is 2.24 bits per heavy atom. The van der Waals surface area contributed by atoms with Crippen molar-refractivity contribution >= 4 is 33.3 Å². The number of hydrogen-bond donors (Lipinski definition) is 4. The number of rotatable bonds is 6. The maximum absolute atomic E-state index is 11.4. The van der Waals surface area contributed by atoms with Gasteiger partial charge in [-0.25, -0.2) is 18.4 Å². The molecule has 0 radical (unpaired) electrons. The first-order valence-electron chi connectivity index (χ1n) is 7.21. The van der Waals surface area contributed by atoms with E-state index in [9.17, 15) is 18.3 Å². The van der Waals surface area contributed by atoms with Crippen LogP contribution >= 0.6 is 12.2 Å². The first-order chi connectivity index (χ1) is 11.8. The Labute approximate surface area is 150 Å². The molecule has 0 spiro atoms. The fourth-order valence-corrected chi connectivity index (χ4v) is 2.80. The molecule has 0 saturated carbocycles. The van der Waals surface area contributed by atoms with E-state index >= 15 is 0 Å². The van der Waals surface area contributed by atoms with E-state index < -0.39 is 22.0 Å². The predicted octanol–water partition coefficient (Wildman–Crippen LogP) is 1.12. The van der Waals surface area contributed by atoms with Gasteiger partial charge in [0.15, 0.2) is 11.2 Å². The number of primary sulfonamides is 1. The summed E-state index contributed by atoms with van der Waals surface area (Å²) in [4.78, 5) is 11.4. The van der Waals surface area contributed by atoms with Gasteiger partial charge in [0.05, 0.1) is 4.90 Å². The molecule has 1 atom stereocenters. The first-order valence-corrected chi connectivity index (χ1v) is 9.16. The largest absolute Gasteiger partial charge is 0.479 e. The van der Waals surface area contributed by atoms with Gasteiger partial charge < -0.3 is 15.7 Å². The number of carboxylic acids is 1. The van der Waals surface area contributed by atoms with Crippen LogP contribution in [0.1, 0.15) is 17.2 Å². The van der Waals surface area contributed by atoms with Gasteiger partial charge in [-0.2, -0.15) is 0 Å². The monoisotopic (exact) mass is 379 g/mol. The molecule has 2 aromatic carbocycles. The van der Waals surface area contributed by atoms with Gasteiger partial charge in [-0.15, -0.1) is 0 Å². The number of nitrogens with two attached hydrogens (primary N) is 1. The lowest BCUT2D eigenvalue weighted by molar-refractivity contribution is -0.139. The standard InChI is InChI=1S/C16H17N3O4S2/c17-25(22,23)13-8-6-11(7-9-13)10-18-16(24)19-14(15(20)21)12-4-2-1-3-5-12/h1-9,14H,10H2,(H,20,21)(H2,17,22,23)(H2,18,19,24)/t14-/m1/s1. The Kier molecular flexibility index (Phi) is 6.07. The summed E-state index contributed by atoms with van der Waals surface area (Å²) in [5.74, 6) is -1.05. The Bertz CT molecular complexity index is 853. The van der Waals surface area contributed by atoms with Crippen molar-refractivity contribution < 1.29 is 18.3 Å². The zero-order valence-electron chi connectivity index (χ0n) is 13.0. The molecule has 25 heavy (non-hydrogen) atoms. The number of aliphatic carboxylic acids is 1. The number of benzene rings is 2. The molecule has 0 aliphatic rings. The molecule has 0 aliphatic heterocycles. The first kappa shape index (κ1) is 18.8. The molecule has 2 aromatic rings. The van der Waals surface area contributed by atoms with Gasteiger partial charge >= 0.3 is 5.97 Å². The van der Waals surface area contributed by atoms with E-state index in [0.29, 0.717) is 12.1 Å². The van der Waals surface area contributed by atoms with Gasteiger partial charge in [0.1, 0.15) is 0 Å². The lowest BCUT2D eigenvalue weighted by atomic mass is 10.1. The minimum absolute atomic E-state index is 0.0203.